The lowest BCUT2D eigenvalue weighted by Crippen LogP contribution is -2.35. The van der Waals surface area contributed by atoms with E-state index in [9.17, 15) is 9.90 Å². The summed E-state index contributed by atoms with van der Waals surface area (Å²) in [6.45, 7) is 8.64. The van der Waals surface area contributed by atoms with Crippen LogP contribution in [0.25, 0.3) is 0 Å². The van der Waals surface area contributed by atoms with Crippen molar-refractivity contribution in [1.82, 2.24) is 5.32 Å². The van der Waals surface area contributed by atoms with Crippen LogP contribution in [0, 0.1) is 0 Å². The van der Waals surface area contributed by atoms with E-state index in [1.807, 2.05) is 27.7 Å². The Morgan fingerprint density at radius 1 is 0.966 bits per heavy atom. The highest BCUT2D eigenvalue weighted by molar-refractivity contribution is 6.04. The summed E-state index contributed by atoms with van der Waals surface area (Å²) in [7, 11) is 0. The van der Waals surface area contributed by atoms with Crippen LogP contribution in [-0.4, -0.2) is 42.4 Å². The van der Waals surface area contributed by atoms with Crippen molar-refractivity contribution in [3.63, 3.8) is 0 Å². The average molecular weight is 423 g/mol. The van der Waals surface area contributed by atoms with Crippen LogP contribution < -0.4 is 20.1 Å². The molecule has 0 saturated carbocycles. The van der Waals surface area contributed by atoms with E-state index in [1.54, 1.807) is 48.5 Å². The van der Waals surface area contributed by atoms with E-state index in [1.165, 1.54) is 0 Å². The number of aliphatic hydroxyl groups is 1. The van der Waals surface area contributed by atoms with E-state index < -0.39 is 6.10 Å². The van der Waals surface area contributed by atoms with Gasteiger partial charge in [-0.2, -0.15) is 0 Å². The molecule has 2 aromatic rings. The van der Waals surface area contributed by atoms with Crippen molar-refractivity contribution in [2.75, 3.05) is 18.5 Å². The van der Waals surface area contributed by atoms with Crippen molar-refractivity contribution < 1.29 is 19.4 Å². The van der Waals surface area contributed by atoms with Gasteiger partial charge in [0, 0.05) is 23.8 Å². The fraction of sp³-hybridized carbons (Fsp3) is 0.409. The summed E-state index contributed by atoms with van der Waals surface area (Å²) in [6.07, 6.45) is -0.489. The second-order valence-corrected chi connectivity index (χ2v) is 7.20. The van der Waals surface area contributed by atoms with Gasteiger partial charge in [0.1, 0.15) is 24.2 Å². The first-order chi connectivity index (χ1) is 13.3. The van der Waals surface area contributed by atoms with Crippen LogP contribution in [0.3, 0.4) is 0 Å². The minimum Gasteiger partial charge on any atom is -0.491 e. The maximum Gasteiger partial charge on any atom is 0.255 e. The molecule has 0 fully saturated rings. The van der Waals surface area contributed by atoms with Crippen molar-refractivity contribution in [3.05, 3.63) is 54.1 Å². The topological polar surface area (TPSA) is 79.8 Å². The second-order valence-electron chi connectivity index (χ2n) is 7.20. The highest BCUT2D eigenvalue weighted by atomic mass is 35.5. The van der Waals surface area contributed by atoms with Crippen LogP contribution >= 0.6 is 12.4 Å². The van der Waals surface area contributed by atoms with Crippen LogP contribution in [0.2, 0.25) is 0 Å². The summed E-state index contributed by atoms with van der Waals surface area (Å²) in [5.74, 6) is 1.18. The Morgan fingerprint density at radius 2 is 1.55 bits per heavy atom. The quantitative estimate of drug-likeness (QED) is 0.541. The molecule has 0 aliphatic rings. The zero-order valence-corrected chi connectivity index (χ0v) is 18.2. The Hall–Kier alpha value is -2.28. The third kappa shape index (κ3) is 9.17. The van der Waals surface area contributed by atoms with Gasteiger partial charge in [-0.3, -0.25) is 4.79 Å². The Labute approximate surface area is 179 Å². The van der Waals surface area contributed by atoms with Gasteiger partial charge in [-0.05, 0) is 62.4 Å². The Morgan fingerprint density at radius 3 is 2.10 bits per heavy atom. The highest BCUT2D eigenvalue weighted by Gasteiger charge is 2.08. The van der Waals surface area contributed by atoms with Crippen LogP contribution in [0.4, 0.5) is 5.69 Å². The molecule has 1 amide bonds. The van der Waals surface area contributed by atoms with Crippen LogP contribution in [0.1, 0.15) is 38.1 Å². The fourth-order valence-corrected chi connectivity index (χ4v) is 2.42. The molecule has 0 spiro atoms. The minimum absolute atomic E-state index is 0. The first-order valence-electron chi connectivity index (χ1n) is 9.56. The Balaban J connectivity index is 0.00000420. The number of anilines is 1. The molecule has 0 aliphatic carbocycles. The molecule has 0 saturated heterocycles. The molecule has 1 atom stereocenters. The number of hydrogen-bond donors (Lipinski definition) is 3. The maximum atomic E-state index is 12.4. The first-order valence-corrected chi connectivity index (χ1v) is 9.56. The summed E-state index contributed by atoms with van der Waals surface area (Å²) in [5, 5.41) is 15.9. The number of rotatable bonds is 10. The summed E-state index contributed by atoms with van der Waals surface area (Å²) < 4.78 is 11.2. The van der Waals surface area contributed by atoms with Crippen LogP contribution in [-0.2, 0) is 0 Å². The number of carbonyl (C=O) groups excluding carboxylic acids is 1. The van der Waals surface area contributed by atoms with Crippen molar-refractivity contribution in [2.45, 2.75) is 45.9 Å². The molecule has 6 nitrogen and oxygen atoms in total. The van der Waals surface area contributed by atoms with Crippen molar-refractivity contribution in [2.24, 2.45) is 0 Å². The van der Waals surface area contributed by atoms with Gasteiger partial charge < -0.3 is 25.2 Å². The first kappa shape index (κ1) is 24.8. The molecule has 3 N–H and O–H groups in total. The largest absolute Gasteiger partial charge is 0.491 e. The summed E-state index contributed by atoms with van der Waals surface area (Å²) >= 11 is 0. The van der Waals surface area contributed by atoms with Crippen molar-refractivity contribution in [3.8, 4) is 11.5 Å². The van der Waals surface area contributed by atoms with E-state index in [2.05, 4.69) is 10.6 Å². The van der Waals surface area contributed by atoms with E-state index in [-0.39, 0.29) is 31.0 Å². The standard InChI is InChI=1S/C22H30N2O4.ClH/c1-15(2)23-13-19(25)14-27-20-11-7-18(8-12-20)24-22(26)17-5-9-21(10-6-17)28-16(3)4;/h5-12,15-16,19,23,25H,13-14H2,1-4H3,(H,24,26);1H. The molecule has 0 radical (unpaired) electrons. The summed E-state index contributed by atoms with van der Waals surface area (Å²) in [5.41, 5.74) is 1.22. The van der Waals surface area contributed by atoms with E-state index in [4.69, 9.17) is 9.47 Å². The summed E-state index contributed by atoms with van der Waals surface area (Å²) in [6, 6.07) is 14.4. The molecule has 2 rings (SSSR count). The lowest BCUT2D eigenvalue weighted by molar-refractivity contribution is 0.102. The molecular formula is C22H31ClN2O4. The van der Waals surface area contributed by atoms with Gasteiger partial charge in [0.15, 0.2) is 0 Å². The highest BCUT2D eigenvalue weighted by Crippen LogP contribution is 2.18. The number of halogens is 1. The molecule has 7 heteroatoms. The summed E-state index contributed by atoms with van der Waals surface area (Å²) in [4.78, 5) is 12.4. The van der Waals surface area contributed by atoms with E-state index in [0.717, 1.165) is 5.75 Å². The Kier molecular flexibility index (Phi) is 10.5. The SMILES string of the molecule is CC(C)NCC(O)COc1ccc(NC(=O)c2ccc(OC(C)C)cc2)cc1.Cl. The fourth-order valence-electron chi connectivity index (χ4n) is 2.42. The number of nitrogens with one attached hydrogen (secondary N) is 2. The number of hydrogen-bond acceptors (Lipinski definition) is 5. The van der Waals surface area contributed by atoms with Gasteiger partial charge in [0.2, 0.25) is 0 Å². The van der Waals surface area contributed by atoms with Gasteiger partial charge in [-0.25, -0.2) is 0 Å². The second kappa shape index (κ2) is 12.3. The third-order valence-corrected chi connectivity index (χ3v) is 3.80. The number of amides is 1. The number of aliphatic hydroxyl groups excluding tert-OH is 1. The molecule has 0 aliphatic heterocycles. The molecule has 1 unspecified atom stereocenters. The molecule has 2 aromatic carbocycles. The lowest BCUT2D eigenvalue weighted by atomic mass is 10.2. The number of benzene rings is 2. The molecule has 0 aromatic heterocycles. The van der Waals surface area contributed by atoms with Gasteiger partial charge >= 0.3 is 0 Å². The monoisotopic (exact) mass is 422 g/mol. The van der Waals surface area contributed by atoms with Gasteiger partial charge in [0.05, 0.1) is 6.10 Å². The molecular weight excluding hydrogens is 392 g/mol. The van der Waals surface area contributed by atoms with Crippen LogP contribution in [0.15, 0.2) is 48.5 Å². The van der Waals surface area contributed by atoms with Gasteiger partial charge in [-0.15, -0.1) is 12.4 Å². The molecule has 160 valence electrons. The predicted molar refractivity (Wildman–Crippen MR) is 118 cm³/mol. The lowest BCUT2D eigenvalue weighted by Gasteiger charge is -2.15. The molecule has 29 heavy (non-hydrogen) atoms. The number of ether oxygens (including phenoxy) is 2. The minimum atomic E-state index is -0.579. The van der Waals surface area contributed by atoms with Gasteiger partial charge in [-0.1, -0.05) is 13.8 Å². The third-order valence-electron chi connectivity index (χ3n) is 3.80. The van der Waals surface area contributed by atoms with Crippen LogP contribution in [0.5, 0.6) is 11.5 Å². The van der Waals surface area contributed by atoms with E-state index in [0.29, 0.717) is 29.6 Å². The maximum absolute atomic E-state index is 12.4. The van der Waals surface area contributed by atoms with E-state index >= 15 is 0 Å². The van der Waals surface area contributed by atoms with Crippen molar-refractivity contribution >= 4 is 24.0 Å². The molecule has 0 heterocycles. The Bertz CT molecular complexity index is 733. The zero-order valence-electron chi connectivity index (χ0n) is 17.3. The zero-order chi connectivity index (χ0) is 20.5. The molecule has 0 bridgehead atoms. The van der Waals surface area contributed by atoms with Crippen molar-refractivity contribution in [1.29, 1.82) is 0 Å². The average Bonchev–Trinajstić information content (AvgIpc) is 2.66. The smallest absolute Gasteiger partial charge is 0.255 e. The normalized spacial score (nSPS) is 11.7. The number of carbonyl (C=O) groups is 1. The predicted octanol–water partition coefficient (Wildman–Crippen LogP) is 3.89. The van der Waals surface area contributed by atoms with Gasteiger partial charge in [0.25, 0.3) is 5.91 Å².